The zero-order chi connectivity index (χ0) is 15.0. The van der Waals surface area contributed by atoms with Gasteiger partial charge in [0.1, 0.15) is 0 Å². The molecule has 0 aliphatic carbocycles. The molecule has 1 aromatic carbocycles. The molecule has 0 amide bonds. The summed E-state index contributed by atoms with van der Waals surface area (Å²) in [5.41, 5.74) is 9.31. The summed E-state index contributed by atoms with van der Waals surface area (Å²) in [5.74, 6) is 0. The van der Waals surface area contributed by atoms with Crippen LogP contribution in [0, 0.1) is 6.92 Å². The fourth-order valence-electron chi connectivity index (χ4n) is 2.50. The highest BCUT2D eigenvalue weighted by Crippen LogP contribution is 2.14. The van der Waals surface area contributed by atoms with Gasteiger partial charge < -0.3 is 10.6 Å². The number of aryl methyl sites for hydroxylation is 1. The molecular formula is C17H31N3. The molecule has 0 heterocycles. The van der Waals surface area contributed by atoms with E-state index in [0.717, 1.165) is 38.4 Å². The molecule has 0 saturated heterocycles. The Balaban J connectivity index is 2.44. The van der Waals surface area contributed by atoms with Crippen LogP contribution in [-0.2, 0) is 6.54 Å². The molecule has 0 aliphatic heterocycles. The maximum absolute atomic E-state index is 5.88. The van der Waals surface area contributed by atoms with Crippen LogP contribution >= 0.6 is 0 Å². The lowest BCUT2D eigenvalue weighted by Gasteiger charge is -2.23. The molecule has 1 rings (SSSR count). The van der Waals surface area contributed by atoms with E-state index in [2.05, 4.69) is 49.6 Å². The third-order valence-electron chi connectivity index (χ3n) is 4.03. The van der Waals surface area contributed by atoms with Gasteiger partial charge in [-0.1, -0.05) is 32.9 Å². The van der Waals surface area contributed by atoms with Gasteiger partial charge in [-0.25, -0.2) is 0 Å². The summed E-state index contributed by atoms with van der Waals surface area (Å²) in [4.78, 5) is 5.00. The average Bonchev–Trinajstić information content (AvgIpc) is 2.46. The first-order chi connectivity index (χ1) is 9.60. The zero-order valence-corrected chi connectivity index (χ0v) is 13.7. The normalized spacial score (nSPS) is 11.5. The minimum Gasteiger partial charge on any atom is -0.399 e. The van der Waals surface area contributed by atoms with Crippen molar-refractivity contribution >= 4 is 5.69 Å². The van der Waals surface area contributed by atoms with Gasteiger partial charge in [-0.3, -0.25) is 4.90 Å². The first kappa shape index (κ1) is 17.0. The number of nitrogens with zero attached hydrogens (tertiary/aromatic N) is 2. The molecule has 1 aromatic rings. The molecule has 3 nitrogen and oxygen atoms in total. The lowest BCUT2D eigenvalue weighted by atomic mass is 10.1. The molecule has 0 aromatic heterocycles. The van der Waals surface area contributed by atoms with E-state index in [-0.39, 0.29) is 0 Å². The average molecular weight is 277 g/mol. The number of benzene rings is 1. The van der Waals surface area contributed by atoms with Crippen LogP contribution in [0.25, 0.3) is 0 Å². The van der Waals surface area contributed by atoms with Gasteiger partial charge in [0.15, 0.2) is 0 Å². The molecule has 20 heavy (non-hydrogen) atoms. The quantitative estimate of drug-likeness (QED) is 0.704. The molecule has 114 valence electrons. The van der Waals surface area contributed by atoms with Crippen LogP contribution < -0.4 is 5.73 Å². The molecule has 0 bridgehead atoms. The lowest BCUT2D eigenvalue weighted by Crippen LogP contribution is -2.29. The highest BCUT2D eigenvalue weighted by atomic mass is 15.1. The van der Waals surface area contributed by atoms with Crippen molar-refractivity contribution in [2.45, 2.75) is 40.7 Å². The van der Waals surface area contributed by atoms with Crippen LogP contribution in [0.15, 0.2) is 18.2 Å². The van der Waals surface area contributed by atoms with E-state index >= 15 is 0 Å². The van der Waals surface area contributed by atoms with E-state index in [1.165, 1.54) is 24.1 Å². The van der Waals surface area contributed by atoms with Crippen molar-refractivity contribution in [3.8, 4) is 0 Å². The number of hydrogen-bond acceptors (Lipinski definition) is 3. The van der Waals surface area contributed by atoms with Crippen molar-refractivity contribution in [3.63, 3.8) is 0 Å². The van der Waals surface area contributed by atoms with Crippen LogP contribution in [0.3, 0.4) is 0 Å². The van der Waals surface area contributed by atoms with Crippen molar-refractivity contribution < 1.29 is 0 Å². The van der Waals surface area contributed by atoms with Crippen molar-refractivity contribution in [3.05, 3.63) is 29.3 Å². The Morgan fingerprint density at radius 2 is 1.55 bits per heavy atom. The van der Waals surface area contributed by atoms with Crippen molar-refractivity contribution in [2.24, 2.45) is 0 Å². The fraction of sp³-hybridized carbons (Fsp3) is 0.647. The first-order valence-corrected chi connectivity index (χ1v) is 7.90. The highest BCUT2D eigenvalue weighted by Gasteiger charge is 2.06. The molecule has 0 unspecified atom stereocenters. The maximum Gasteiger partial charge on any atom is 0.0343 e. The monoisotopic (exact) mass is 277 g/mol. The Bertz CT molecular complexity index is 386. The molecule has 0 fully saturated rings. The van der Waals surface area contributed by atoms with Gasteiger partial charge in [-0.05, 0) is 63.3 Å². The Morgan fingerprint density at radius 1 is 0.950 bits per heavy atom. The highest BCUT2D eigenvalue weighted by molar-refractivity contribution is 5.47. The summed E-state index contributed by atoms with van der Waals surface area (Å²) < 4.78 is 0. The SMILES string of the molecule is CCN(CC)CCCN(CC)Cc1ccc(N)c(C)c1. The van der Waals surface area contributed by atoms with Crippen molar-refractivity contribution in [1.29, 1.82) is 0 Å². The predicted molar refractivity (Wildman–Crippen MR) is 88.9 cm³/mol. The van der Waals surface area contributed by atoms with E-state index in [1.54, 1.807) is 0 Å². The molecule has 0 spiro atoms. The lowest BCUT2D eigenvalue weighted by molar-refractivity contribution is 0.238. The largest absolute Gasteiger partial charge is 0.399 e. The van der Waals surface area contributed by atoms with Gasteiger partial charge in [0.2, 0.25) is 0 Å². The summed E-state index contributed by atoms with van der Waals surface area (Å²) in [7, 11) is 0. The number of anilines is 1. The van der Waals surface area contributed by atoms with Crippen LogP contribution in [0.1, 0.15) is 38.3 Å². The van der Waals surface area contributed by atoms with Gasteiger partial charge in [0.25, 0.3) is 0 Å². The Labute approximate surface area is 124 Å². The third kappa shape index (κ3) is 5.51. The van der Waals surface area contributed by atoms with E-state index in [1.807, 2.05) is 6.07 Å². The van der Waals surface area contributed by atoms with Crippen molar-refractivity contribution in [1.82, 2.24) is 9.80 Å². The summed E-state index contributed by atoms with van der Waals surface area (Å²) in [6.45, 7) is 15.6. The van der Waals surface area contributed by atoms with Gasteiger partial charge in [-0.15, -0.1) is 0 Å². The molecule has 0 saturated carbocycles. The minimum atomic E-state index is 0.887. The summed E-state index contributed by atoms with van der Waals surface area (Å²) in [6.07, 6.45) is 1.24. The fourth-order valence-corrected chi connectivity index (χ4v) is 2.50. The molecule has 0 atom stereocenters. The first-order valence-electron chi connectivity index (χ1n) is 7.90. The summed E-state index contributed by atoms with van der Waals surface area (Å²) in [5, 5.41) is 0. The number of nitrogen functional groups attached to an aromatic ring is 1. The standard InChI is InChI=1S/C17H31N3/c1-5-19(6-2)11-8-12-20(7-3)14-16-9-10-17(18)15(4)13-16/h9-10,13H,5-8,11-12,14,18H2,1-4H3. The third-order valence-corrected chi connectivity index (χ3v) is 4.03. The van der Waals surface area contributed by atoms with Crippen LogP contribution in [-0.4, -0.2) is 42.5 Å². The topological polar surface area (TPSA) is 32.5 Å². The second-order valence-corrected chi connectivity index (χ2v) is 5.44. The van der Waals surface area contributed by atoms with Crippen LogP contribution in [0.5, 0.6) is 0 Å². The molecule has 3 heteroatoms. The zero-order valence-electron chi connectivity index (χ0n) is 13.7. The second-order valence-electron chi connectivity index (χ2n) is 5.44. The maximum atomic E-state index is 5.88. The second kappa shape index (κ2) is 8.98. The predicted octanol–water partition coefficient (Wildman–Crippen LogP) is 3.13. The summed E-state index contributed by atoms with van der Waals surface area (Å²) in [6, 6.07) is 6.38. The number of rotatable bonds is 9. The molecular weight excluding hydrogens is 246 g/mol. The molecule has 0 radical (unpaired) electrons. The van der Waals surface area contributed by atoms with Crippen LogP contribution in [0.2, 0.25) is 0 Å². The molecule has 2 N–H and O–H groups in total. The van der Waals surface area contributed by atoms with Gasteiger partial charge in [0.05, 0.1) is 0 Å². The van der Waals surface area contributed by atoms with E-state index in [4.69, 9.17) is 5.73 Å². The van der Waals surface area contributed by atoms with Gasteiger partial charge in [0, 0.05) is 12.2 Å². The van der Waals surface area contributed by atoms with Crippen LogP contribution in [0.4, 0.5) is 5.69 Å². The van der Waals surface area contributed by atoms with Gasteiger partial charge >= 0.3 is 0 Å². The Hall–Kier alpha value is -1.06. The van der Waals surface area contributed by atoms with Gasteiger partial charge in [-0.2, -0.15) is 0 Å². The summed E-state index contributed by atoms with van der Waals surface area (Å²) >= 11 is 0. The number of nitrogens with two attached hydrogens (primary N) is 1. The van der Waals surface area contributed by atoms with E-state index < -0.39 is 0 Å². The minimum absolute atomic E-state index is 0.887. The van der Waals surface area contributed by atoms with Crippen molar-refractivity contribution in [2.75, 3.05) is 38.5 Å². The molecule has 0 aliphatic rings. The number of hydrogen-bond donors (Lipinski definition) is 1. The Kier molecular flexibility index (Phi) is 7.63. The van der Waals surface area contributed by atoms with E-state index in [9.17, 15) is 0 Å². The van der Waals surface area contributed by atoms with E-state index in [0.29, 0.717) is 0 Å². The smallest absolute Gasteiger partial charge is 0.0343 e. The Morgan fingerprint density at radius 3 is 2.10 bits per heavy atom.